The van der Waals surface area contributed by atoms with Gasteiger partial charge < -0.3 is 5.32 Å². The molecule has 0 aromatic carbocycles. The highest BCUT2D eigenvalue weighted by molar-refractivity contribution is 5.51. The Bertz CT molecular complexity index is 254. The number of hydrogen-bond acceptors (Lipinski definition) is 2. The highest BCUT2D eigenvalue weighted by atomic mass is 15.1. The van der Waals surface area contributed by atoms with E-state index in [0.29, 0.717) is 0 Å². The van der Waals surface area contributed by atoms with Crippen molar-refractivity contribution in [2.75, 3.05) is 11.9 Å². The smallest absolute Gasteiger partial charge is 0.0825 e. The lowest BCUT2D eigenvalue weighted by Gasteiger charge is -2.03. The molecule has 0 aliphatic heterocycles. The minimum Gasteiger partial charge on any atom is -0.382 e. The van der Waals surface area contributed by atoms with Crippen LogP contribution in [0.4, 0.5) is 5.69 Å². The molecule has 0 radical (unpaired) electrons. The van der Waals surface area contributed by atoms with Gasteiger partial charge in [-0.05, 0) is 32.6 Å². The molecule has 1 saturated carbocycles. The molecule has 1 aromatic heterocycles. The molecule has 0 saturated heterocycles. The monoisotopic (exact) mass is 165 g/mol. The van der Waals surface area contributed by atoms with Gasteiger partial charge >= 0.3 is 0 Å². The second-order valence-corrected chi connectivity index (χ2v) is 3.63. The fourth-order valence-corrected chi connectivity index (χ4v) is 1.38. The van der Waals surface area contributed by atoms with E-state index in [1.54, 1.807) is 0 Å². The van der Waals surface area contributed by atoms with E-state index in [9.17, 15) is 0 Å². The summed E-state index contributed by atoms with van der Waals surface area (Å²) in [5.74, 6) is 0.915. The molecule has 3 nitrogen and oxygen atoms in total. The van der Waals surface area contributed by atoms with Crippen LogP contribution >= 0.6 is 0 Å². The van der Waals surface area contributed by atoms with Crippen molar-refractivity contribution >= 4 is 5.69 Å². The van der Waals surface area contributed by atoms with Crippen LogP contribution in [-0.4, -0.2) is 16.7 Å². The third kappa shape index (κ3) is 1.44. The zero-order valence-electron chi connectivity index (χ0n) is 7.65. The maximum absolute atomic E-state index is 4.13. The van der Waals surface area contributed by atoms with Gasteiger partial charge in [0.1, 0.15) is 0 Å². The minimum atomic E-state index is 0.915. The first-order valence-corrected chi connectivity index (χ1v) is 4.53. The maximum atomic E-state index is 4.13. The average molecular weight is 165 g/mol. The van der Waals surface area contributed by atoms with Crippen molar-refractivity contribution in [3.8, 4) is 0 Å². The van der Waals surface area contributed by atoms with Crippen LogP contribution < -0.4 is 5.32 Å². The fraction of sp³-hybridized carbons (Fsp3) is 0.667. The zero-order valence-corrected chi connectivity index (χ0v) is 7.65. The molecule has 2 rings (SSSR count). The van der Waals surface area contributed by atoms with Gasteiger partial charge in [-0.25, -0.2) is 0 Å². The number of aromatic amines is 1. The third-order valence-electron chi connectivity index (χ3n) is 2.39. The predicted molar refractivity (Wildman–Crippen MR) is 49.3 cm³/mol. The minimum absolute atomic E-state index is 0.915. The van der Waals surface area contributed by atoms with Crippen LogP contribution in [0.15, 0.2) is 0 Å². The lowest BCUT2D eigenvalue weighted by Crippen LogP contribution is -2.04. The summed E-state index contributed by atoms with van der Waals surface area (Å²) in [5, 5.41) is 10.5. The molecule has 0 unspecified atom stereocenters. The number of anilines is 1. The van der Waals surface area contributed by atoms with E-state index in [0.717, 1.165) is 23.9 Å². The molecule has 0 bridgehead atoms. The number of H-pyrrole nitrogens is 1. The van der Waals surface area contributed by atoms with Crippen LogP contribution in [0.5, 0.6) is 0 Å². The maximum Gasteiger partial charge on any atom is 0.0825 e. The first-order chi connectivity index (χ1) is 5.77. The molecule has 1 aliphatic rings. The van der Waals surface area contributed by atoms with Crippen molar-refractivity contribution in [1.29, 1.82) is 0 Å². The Morgan fingerprint density at radius 3 is 2.75 bits per heavy atom. The van der Waals surface area contributed by atoms with E-state index in [1.807, 2.05) is 6.92 Å². The third-order valence-corrected chi connectivity index (χ3v) is 2.39. The number of aryl methyl sites for hydroxylation is 2. The Hall–Kier alpha value is -0.990. The molecule has 66 valence electrons. The highest BCUT2D eigenvalue weighted by Gasteiger charge is 2.21. The molecule has 0 amide bonds. The molecule has 2 N–H and O–H groups in total. The second kappa shape index (κ2) is 2.81. The van der Waals surface area contributed by atoms with Crippen molar-refractivity contribution in [2.24, 2.45) is 5.92 Å². The van der Waals surface area contributed by atoms with Crippen molar-refractivity contribution < 1.29 is 0 Å². The molecular weight excluding hydrogens is 150 g/mol. The van der Waals surface area contributed by atoms with Gasteiger partial charge in [-0.2, -0.15) is 5.10 Å². The lowest BCUT2D eigenvalue weighted by molar-refractivity contribution is 0.887. The van der Waals surface area contributed by atoms with Crippen LogP contribution in [0.1, 0.15) is 24.2 Å². The Morgan fingerprint density at radius 1 is 1.50 bits per heavy atom. The molecule has 3 heteroatoms. The quantitative estimate of drug-likeness (QED) is 0.717. The van der Waals surface area contributed by atoms with Gasteiger partial charge in [0.15, 0.2) is 0 Å². The number of rotatable bonds is 3. The number of nitrogens with one attached hydrogen (secondary N) is 2. The van der Waals surface area contributed by atoms with Crippen LogP contribution in [0.25, 0.3) is 0 Å². The van der Waals surface area contributed by atoms with E-state index >= 15 is 0 Å². The molecule has 1 heterocycles. The summed E-state index contributed by atoms with van der Waals surface area (Å²) in [6, 6.07) is 0. The van der Waals surface area contributed by atoms with Crippen LogP contribution in [0, 0.1) is 19.8 Å². The lowest BCUT2D eigenvalue weighted by atomic mass is 10.3. The summed E-state index contributed by atoms with van der Waals surface area (Å²) in [6.45, 7) is 5.19. The molecular formula is C9H15N3. The molecule has 12 heavy (non-hydrogen) atoms. The number of aromatic nitrogens is 2. The Balaban J connectivity index is 1.99. The van der Waals surface area contributed by atoms with Crippen molar-refractivity contribution in [3.05, 3.63) is 11.4 Å². The van der Waals surface area contributed by atoms with E-state index in [4.69, 9.17) is 0 Å². The van der Waals surface area contributed by atoms with E-state index < -0.39 is 0 Å². The second-order valence-electron chi connectivity index (χ2n) is 3.63. The van der Waals surface area contributed by atoms with Crippen LogP contribution in [0.3, 0.4) is 0 Å². The molecule has 0 atom stereocenters. The largest absolute Gasteiger partial charge is 0.382 e. The highest BCUT2D eigenvalue weighted by Crippen LogP contribution is 2.29. The Kier molecular flexibility index (Phi) is 1.79. The summed E-state index contributed by atoms with van der Waals surface area (Å²) in [6.07, 6.45) is 2.78. The Morgan fingerprint density at radius 2 is 2.25 bits per heavy atom. The van der Waals surface area contributed by atoms with E-state index in [-0.39, 0.29) is 0 Å². The van der Waals surface area contributed by atoms with Crippen molar-refractivity contribution in [2.45, 2.75) is 26.7 Å². The summed E-state index contributed by atoms with van der Waals surface area (Å²) in [4.78, 5) is 0. The van der Waals surface area contributed by atoms with Gasteiger partial charge in [0.05, 0.1) is 17.1 Å². The Labute approximate surface area is 72.6 Å². The standard InChI is InChI=1S/C9H15N3/c1-6-9(7(2)12-11-6)10-5-8-3-4-8/h8,10H,3-5H2,1-2H3,(H,11,12). The van der Waals surface area contributed by atoms with Crippen molar-refractivity contribution in [3.63, 3.8) is 0 Å². The topological polar surface area (TPSA) is 40.7 Å². The summed E-state index contributed by atoms with van der Waals surface area (Å²) in [5.41, 5.74) is 3.42. The number of hydrogen-bond donors (Lipinski definition) is 2. The molecule has 1 aromatic rings. The fourth-order valence-electron chi connectivity index (χ4n) is 1.38. The SMILES string of the molecule is Cc1n[nH]c(C)c1NCC1CC1. The van der Waals surface area contributed by atoms with Gasteiger partial charge in [-0.1, -0.05) is 0 Å². The average Bonchev–Trinajstić information content (AvgIpc) is 2.80. The summed E-state index contributed by atoms with van der Waals surface area (Å²) in [7, 11) is 0. The zero-order chi connectivity index (χ0) is 8.55. The first kappa shape index (κ1) is 7.65. The van der Waals surface area contributed by atoms with Gasteiger partial charge in [0.2, 0.25) is 0 Å². The molecule has 1 fully saturated rings. The first-order valence-electron chi connectivity index (χ1n) is 4.53. The van der Waals surface area contributed by atoms with Gasteiger partial charge in [0, 0.05) is 6.54 Å². The van der Waals surface area contributed by atoms with E-state index in [1.165, 1.54) is 18.5 Å². The van der Waals surface area contributed by atoms with Crippen LogP contribution in [-0.2, 0) is 0 Å². The van der Waals surface area contributed by atoms with Gasteiger partial charge in [-0.3, -0.25) is 5.10 Å². The normalized spacial score (nSPS) is 16.5. The van der Waals surface area contributed by atoms with E-state index in [2.05, 4.69) is 22.4 Å². The molecule has 1 aliphatic carbocycles. The van der Waals surface area contributed by atoms with Gasteiger partial charge in [0.25, 0.3) is 0 Å². The summed E-state index contributed by atoms with van der Waals surface area (Å²) < 4.78 is 0. The van der Waals surface area contributed by atoms with Gasteiger partial charge in [-0.15, -0.1) is 0 Å². The predicted octanol–water partition coefficient (Wildman–Crippen LogP) is 1.85. The van der Waals surface area contributed by atoms with Crippen LogP contribution in [0.2, 0.25) is 0 Å². The van der Waals surface area contributed by atoms with Crippen molar-refractivity contribution in [1.82, 2.24) is 10.2 Å². The summed E-state index contributed by atoms with van der Waals surface area (Å²) >= 11 is 0. The number of nitrogens with zero attached hydrogens (tertiary/aromatic N) is 1. The molecule has 0 spiro atoms.